The molecule has 4 rings (SSSR count). The Balaban J connectivity index is 1.65. The Kier molecular flexibility index (Phi) is 7.11. The number of para-hydroxylation sites is 2. The van der Waals surface area contributed by atoms with E-state index in [9.17, 15) is 22.8 Å². The van der Waals surface area contributed by atoms with E-state index in [1.54, 1.807) is 48.5 Å². The molecule has 1 amide bonds. The van der Waals surface area contributed by atoms with E-state index in [-0.39, 0.29) is 22.2 Å². The number of carbonyl (C=O) groups is 1. The van der Waals surface area contributed by atoms with Crippen LogP contribution in [0.1, 0.15) is 12.5 Å². The highest BCUT2D eigenvalue weighted by atomic mass is 32.2. The lowest BCUT2D eigenvalue weighted by atomic mass is 10.1. The first kappa shape index (κ1) is 24.3. The number of ether oxygens (including phenoxy) is 1. The molecule has 0 radical (unpaired) electrons. The third-order valence-electron chi connectivity index (χ3n) is 4.99. The molecule has 0 aliphatic rings. The summed E-state index contributed by atoms with van der Waals surface area (Å²) >= 11 is 0.953. The number of alkyl halides is 3. The van der Waals surface area contributed by atoms with Gasteiger partial charge in [-0.2, -0.15) is 13.2 Å². The summed E-state index contributed by atoms with van der Waals surface area (Å²) in [6.07, 6.45) is -4.61. The number of halogens is 3. The van der Waals surface area contributed by atoms with Crippen molar-refractivity contribution in [3.8, 4) is 11.4 Å². The highest BCUT2D eigenvalue weighted by molar-refractivity contribution is 7.99. The molecular formula is C25H20F3N3O3S. The number of amides is 1. The zero-order valence-corrected chi connectivity index (χ0v) is 19.3. The number of carbonyl (C=O) groups excluding carboxylic acids is 1. The van der Waals surface area contributed by atoms with Crippen LogP contribution in [-0.4, -0.2) is 27.8 Å². The molecule has 1 N–H and O–H groups in total. The molecule has 4 aromatic rings. The molecule has 0 spiro atoms. The molecule has 10 heteroatoms. The second-order valence-electron chi connectivity index (χ2n) is 7.36. The Morgan fingerprint density at radius 1 is 1.03 bits per heavy atom. The van der Waals surface area contributed by atoms with Crippen molar-refractivity contribution in [3.63, 3.8) is 0 Å². The van der Waals surface area contributed by atoms with Gasteiger partial charge in [-0.15, -0.1) is 0 Å². The first-order valence-electron chi connectivity index (χ1n) is 10.6. The number of benzene rings is 3. The lowest BCUT2D eigenvalue weighted by Gasteiger charge is -2.15. The molecule has 0 aliphatic carbocycles. The van der Waals surface area contributed by atoms with Gasteiger partial charge in [-0.05, 0) is 55.5 Å². The summed E-state index contributed by atoms with van der Waals surface area (Å²) in [6, 6.07) is 18.4. The number of rotatable bonds is 7. The quantitative estimate of drug-likeness (QED) is 0.267. The van der Waals surface area contributed by atoms with Gasteiger partial charge in [0.15, 0.2) is 5.16 Å². The van der Waals surface area contributed by atoms with E-state index >= 15 is 0 Å². The Hall–Kier alpha value is -3.79. The minimum absolute atomic E-state index is 0.233. The van der Waals surface area contributed by atoms with Gasteiger partial charge in [0.05, 0.1) is 40.2 Å². The zero-order valence-electron chi connectivity index (χ0n) is 18.5. The molecule has 35 heavy (non-hydrogen) atoms. The lowest BCUT2D eigenvalue weighted by molar-refractivity contribution is -0.137. The lowest BCUT2D eigenvalue weighted by Crippen LogP contribution is -2.23. The average Bonchev–Trinajstić information content (AvgIpc) is 2.83. The SMILES string of the molecule is CCOc1ccc(-n2c(SCC(=O)Nc3ccccc3C(F)(F)F)nc3ccccc3c2=O)cc1. The maximum Gasteiger partial charge on any atom is 0.418 e. The normalized spacial score (nSPS) is 11.4. The largest absolute Gasteiger partial charge is 0.494 e. The highest BCUT2D eigenvalue weighted by Gasteiger charge is 2.33. The van der Waals surface area contributed by atoms with Gasteiger partial charge in [0, 0.05) is 0 Å². The summed E-state index contributed by atoms with van der Waals surface area (Å²) in [7, 11) is 0. The van der Waals surface area contributed by atoms with Gasteiger partial charge >= 0.3 is 6.18 Å². The number of aromatic nitrogens is 2. The van der Waals surface area contributed by atoms with Crippen LogP contribution in [-0.2, 0) is 11.0 Å². The molecule has 0 fully saturated rings. The minimum atomic E-state index is -4.61. The Bertz CT molecular complexity index is 1420. The maximum atomic E-state index is 13.3. The molecule has 0 aliphatic heterocycles. The summed E-state index contributed by atoms with van der Waals surface area (Å²) in [4.78, 5) is 30.4. The van der Waals surface area contributed by atoms with Crippen LogP contribution in [0.15, 0.2) is 82.7 Å². The molecule has 0 saturated carbocycles. The van der Waals surface area contributed by atoms with Crippen molar-refractivity contribution in [2.75, 3.05) is 17.7 Å². The van der Waals surface area contributed by atoms with Crippen molar-refractivity contribution < 1.29 is 22.7 Å². The van der Waals surface area contributed by atoms with E-state index in [4.69, 9.17) is 4.74 Å². The highest BCUT2D eigenvalue weighted by Crippen LogP contribution is 2.34. The number of thioether (sulfide) groups is 1. The average molecular weight is 500 g/mol. The fraction of sp³-hybridized carbons (Fsp3) is 0.160. The first-order chi connectivity index (χ1) is 16.8. The van der Waals surface area contributed by atoms with Gasteiger partial charge in [-0.1, -0.05) is 36.0 Å². The van der Waals surface area contributed by atoms with Gasteiger partial charge < -0.3 is 10.1 Å². The summed E-state index contributed by atoms with van der Waals surface area (Å²) in [5, 5.41) is 2.94. The summed E-state index contributed by atoms with van der Waals surface area (Å²) < 4.78 is 46.6. The van der Waals surface area contributed by atoms with Crippen molar-refractivity contribution in [2.45, 2.75) is 18.3 Å². The summed E-state index contributed by atoms with van der Waals surface area (Å²) in [5.41, 5.74) is -0.633. The van der Waals surface area contributed by atoms with E-state index < -0.39 is 17.6 Å². The van der Waals surface area contributed by atoms with Gasteiger partial charge in [0.2, 0.25) is 5.91 Å². The van der Waals surface area contributed by atoms with Gasteiger partial charge in [-0.3, -0.25) is 14.2 Å². The molecule has 6 nitrogen and oxygen atoms in total. The fourth-order valence-electron chi connectivity index (χ4n) is 3.45. The number of nitrogens with zero attached hydrogens (tertiary/aromatic N) is 2. The Morgan fingerprint density at radius 3 is 2.43 bits per heavy atom. The number of nitrogens with one attached hydrogen (secondary N) is 1. The van der Waals surface area contributed by atoms with Crippen LogP contribution in [0.5, 0.6) is 5.75 Å². The van der Waals surface area contributed by atoms with E-state index in [1.807, 2.05) is 6.92 Å². The smallest absolute Gasteiger partial charge is 0.418 e. The first-order valence-corrected chi connectivity index (χ1v) is 11.6. The van der Waals surface area contributed by atoms with Gasteiger partial charge in [0.1, 0.15) is 5.75 Å². The zero-order chi connectivity index (χ0) is 25.0. The van der Waals surface area contributed by atoms with E-state index in [0.29, 0.717) is 28.9 Å². The predicted octanol–water partition coefficient (Wildman–Crippen LogP) is 5.53. The Labute approximate surface area is 202 Å². The van der Waals surface area contributed by atoms with Crippen molar-refractivity contribution in [1.82, 2.24) is 9.55 Å². The Morgan fingerprint density at radius 2 is 1.71 bits per heavy atom. The topological polar surface area (TPSA) is 73.2 Å². The number of fused-ring (bicyclic) bond motifs is 1. The third kappa shape index (κ3) is 5.48. The van der Waals surface area contributed by atoms with E-state index in [1.165, 1.54) is 22.8 Å². The van der Waals surface area contributed by atoms with Gasteiger partial charge in [0.25, 0.3) is 5.56 Å². The van der Waals surface area contributed by atoms with Crippen molar-refractivity contribution in [2.24, 2.45) is 0 Å². The van der Waals surface area contributed by atoms with Crippen LogP contribution in [0.3, 0.4) is 0 Å². The molecule has 0 saturated heterocycles. The number of anilines is 1. The third-order valence-corrected chi connectivity index (χ3v) is 5.93. The predicted molar refractivity (Wildman–Crippen MR) is 129 cm³/mol. The van der Waals surface area contributed by atoms with Crippen molar-refractivity contribution >= 4 is 34.3 Å². The standard InChI is InChI=1S/C25H20F3N3O3S/c1-2-34-17-13-11-16(12-14-17)31-23(33)18-7-3-5-9-20(18)30-24(31)35-15-22(32)29-21-10-6-4-8-19(21)25(26,27)28/h3-14H,2,15H2,1H3,(H,29,32). The molecule has 3 aromatic carbocycles. The van der Waals surface area contributed by atoms with Crippen LogP contribution in [0, 0.1) is 0 Å². The number of hydrogen-bond donors (Lipinski definition) is 1. The van der Waals surface area contributed by atoms with Crippen LogP contribution in [0.4, 0.5) is 18.9 Å². The van der Waals surface area contributed by atoms with Crippen LogP contribution in [0.2, 0.25) is 0 Å². The molecule has 0 atom stereocenters. The molecule has 180 valence electrons. The minimum Gasteiger partial charge on any atom is -0.494 e. The van der Waals surface area contributed by atoms with Crippen LogP contribution >= 0.6 is 11.8 Å². The van der Waals surface area contributed by atoms with Crippen LogP contribution in [0.25, 0.3) is 16.6 Å². The molecule has 1 heterocycles. The maximum absolute atomic E-state index is 13.3. The van der Waals surface area contributed by atoms with E-state index in [0.717, 1.165) is 17.8 Å². The molecule has 0 unspecified atom stereocenters. The molecule has 1 aromatic heterocycles. The number of hydrogen-bond acceptors (Lipinski definition) is 5. The second kappa shape index (κ2) is 10.2. The van der Waals surface area contributed by atoms with Crippen molar-refractivity contribution in [3.05, 3.63) is 88.7 Å². The second-order valence-corrected chi connectivity index (χ2v) is 8.30. The summed E-state index contributed by atoms with van der Waals surface area (Å²) in [5.74, 6) is -0.282. The monoisotopic (exact) mass is 499 g/mol. The van der Waals surface area contributed by atoms with E-state index in [2.05, 4.69) is 10.3 Å². The molecule has 0 bridgehead atoms. The van der Waals surface area contributed by atoms with Gasteiger partial charge in [-0.25, -0.2) is 4.98 Å². The summed E-state index contributed by atoms with van der Waals surface area (Å²) in [6.45, 7) is 2.35. The van der Waals surface area contributed by atoms with Crippen molar-refractivity contribution in [1.29, 1.82) is 0 Å². The fourth-order valence-corrected chi connectivity index (χ4v) is 4.26. The van der Waals surface area contributed by atoms with Crippen LogP contribution < -0.4 is 15.6 Å². The molecular weight excluding hydrogens is 479 g/mol.